The molecule has 27 heavy (non-hydrogen) atoms. The maximum atomic E-state index is 13.2. The summed E-state index contributed by atoms with van der Waals surface area (Å²) in [4.78, 5) is 20.0. The minimum Gasteiger partial charge on any atom is -0.326 e. The fourth-order valence-corrected chi connectivity index (χ4v) is 3.22. The van der Waals surface area contributed by atoms with Crippen LogP contribution in [0.1, 0.15) is 37.9 Å². The van der Waals surface area contributed by atoms with Gasteiger partial charge in [0.05, 0.1) is 6.42 Å². The van der Waals surface area contributed by atoms with Crippen molar-refractivity contribution in [1.29, 1.82) is 0 Å². The van der Waals surface area contributed by atoms with E-state index < -0.39 is 17.3 Å². The summed E-state index contributed by atoms with van der Waals surface area (Å²) in [6, 6.07) is 7.59. The van der Waals surface area contributed by atoms with Gasteiger partial charge >= 0.3 is 6.18 Å². The van der Waals surface area contributed by atoms with Gasteiger partial charge in [0.25, 0.3) is 0 Å². The van der Waals surface area contributed by atoms with Crippen LogP contribution in [0.5, 0.6) is 0 Å². The minimum absolute atomic E-state index is 0.105. The Labute approximate surface area is 153 Å². The van der Waals surface area contributed by atoms with E-state index in [1.807, 2.05) is 20.8 Å². The zero-order valence-electron chi connectivity index (χ0n) is 15.0. The number of alkyl halides is 3. The van der Waals surface area contributed by atoms with Gasteiger partial charge in [0.15, 0.2) is 5.65 Å². The van der Waals surface area contributed by atoms with E-state index in [9.17, 15) is 18.0 Å². The van der Waals surface area contributed by atoms with Crippen LogP contribution in [0.4, 0.5) is 18.9 Å². The number of aromatic nitrogens is 3. The smallest absolute Gasteiger partial charge is 0.326 e. The molecule has 3 aromatic rings. The monoisotopic (exact) mass is 374 g/mol. The molecule has 3 heterocycles. The molecule has 0 fully saturated rings. The summed E-state index contributed by atoms with van der Waals surface area (Å²) in [6.07, 6.45) is -4.30. The molecule has 0 spiro atoms. The van der Waals surface area contributed by atoms with Crippen LogP contribution in [0.3, 0.4) is 0 Å². The fraction of sp³-hybridized carbons (Fsp3) is 0.316. The van der Waals surface area contributed by atoms with Crippen LogP contribution in [-0.4, -0.2) is 20.4 Å². The molecule has 0 saturated heterocycles. The van der Waals surface area contributed by atoms with Crippen molar-refractivity contribution < 1.29 is 18.0 Å². The van der Waals surface area contributed by atoms with Crippen molar-refractivity contribution in [3.63, 3.8) is 0 Å². The Morgan fingerprint density at radius 3 is 2.48 bits per heavy atom. The predicted molar refractivity (Wildman–Crippen MR) is 94.9 cm³/mol. The summed E-state index contributed by atoms with van der Waals surface area (Å²) < 4.78 is 41.2. The quantitative estimate of drug-likeness (QED) is 0.693. The SMILES string of the molecule is CC(C)(C)c1nc2ccc(C(F)(F)F)nc2n1-c1ccc2c(c1)CC(=O)N2. The summed E-state index contributed by atoms with van der Waals surface area (Å²) in [5.41, 5.74) is 1.29. The number of carbonyl (C=O) groups is 1. The number of hydrogen-bond acceptors (Lipinski definition) is 3. The van der Waals surface area contributed by atoms with Crippen LogP contribution in [0, 0.1) is 0 Å². The molecular weight excluding hydrogens is 357 g/mol. The topological polar surface area (TPSA) is 59.8 Å². The molecule has 0 unspecified atom stereocenters. The third kappa shape index (κ3) is 2.94. The zero-order valence-corrected chi connectivity index (χ0v) is 15.0. The lowest BCUT2D eigenvalue weighted by molar-refractivity contribution is -0.141. The third-order valence-corrected chi connectivity index (χ3v) is 4.44. The molecule has 0 aliphatic carbocycles. The molecular formula is C19H17F3N4O. The highest BCUT2D eigenvalue weighted by atomic mass is 19.4. The summed E-state index contributed by atoms with van der Waals surface area (Å²) in [6.45, 7) is 5.81. The van der Waals surface area contributed by atoms with Gasteiger partial charge in [-0.1, -0.05) is 20.8 Å². The molecule has 1 aromatic carbocycles. The number of hydrogen-bond donors (Lipinski definition) is 1. The number of benzene rings is 1. The number of nitrogens with zero attached hydrogens (tertiary/aromatic N) is 3. The lowest BCUT2D eigenvalue weighted by Crippen LogP contribution is -2.18. The lowest BCUT2D eigenvalue weighted by atomic mass is 9.95. The molecule has 5 nitrogen and oxygen atoms in total. The number of anilines is 1. The molecule has 1 N–H and O–H groups in total. The van der Waals surface area contributed by atoms with Gasteiger partial charge in [-0.15, -0.1) is 0 Å². The van der Waals surface area contributed by atoms with E-state index in [1.165, 1.54) is 6.07 Å². The second kappa shape index (κ2) is 5.55. The van der Waals surface area contributed by atoms with Gasteiger partial charge in [0, 0.05) is 16.8 Å². The van der Waals surface area contributed by atoms with Gasteiger partial charge in [-0.25, -0.2) is 9.97 Å². The van der Waals surface area contributed by atoms with E-state index in [-0.39, 0.29) is 18.0 Å². The average molecular weight is 374 g/mol. The maximum Gasteiger partial charge on any atom is 0.433 e. The van der Waals surface area contributed by atoms with Crippen LogP contribution in [-0.2, 0) is 22.8 Å². The molecule has 140 valence electrons. The summed E-state index contributed by atoms with van der Waals surface area (Å²) >= 11 is 0. The normalized spacial score (nSPS) is 14.5. The summed E-state index contributed by atoms with van der Waals surface area (Å²) in [7, 11) is 0. The number of fused-ring (bicyclic) bond motifs is 2. The predicted octanol–water partition coefficient (Wildman–Crippen LogP) is 4.23. The van der Waals surface area contributed by atoms with Crippen LogP contribution in [0.2, 0.25) is 0 Å². The Morgan fingerprint density at radius 2 is 1.81 bits per heavy atom. The van der Waals surface area contributed by atoms with E-state index in [1.54, 1.807) is 22.8 Å². The van der Waals surface area contributed by atoms with Crippen molar-refractivity contribution in [3.05, 3.63) is 47.4 Å². The van der Waals surface area contributed by atoms with Crippen molar-refractivity contribution in [2.24, 2.45) is 0 Å². The molecule has 1 amide bonds. The lowest BCUT2D eigenvalue weighted by Gasteiger charge is -2.20. The van der Waals surface area contributed by atoms with Crippen LogP contribution in [0.15, 0.2) is 30.3 Å². The number of pyridine rings is 1. The molecule has 0 saturated carbocycles. The molecule has 8 heteroatoms. The van der Waals surface area contributed by atoms with Crippen LogP contribution in [0.25, 0.3) is 16.9 Å². The second-order valence-electron chi connectivity index (χ2n) is 7.62. The molecule has 1 aliphatic rings. The third-order valence-electron chi connectivity index (χ3n) is 4.44. The van der Waals surface area contributed by atoms with Gasteiger partial charge in [-0.05, 0) is 35.9 Å². The first-order valence-electron chi connectivity index (χ1n) is 8.44. The number of amides is 1. The first-order chi connectivity index (χ1) is 12.5. The van der Waals surface area contributed by atoms with Crippen molar-refractivity contribution in [1.82, 2.24) is 14.5 Å². The highest BCUT2D eigenvalue weighted by Gasteiger charge is 2.34. The highest BCUT2D eigenvalue weighted by molar-refractivity contribution is 5.99. The van der Waals surface area contributed by atoms with E-state index in [0.717, 1.165) is 17.3 Å². The Balaban J connectivity index is 2.00. The van der Waals surface area contributed by atoms with Crippen LogP contribution >= 0.6 is 0 Å². The number of carbonyl (C=O) groups excluding carboxylic acids is 1. The molecule has 0 bridgehead atoms. The fourth-order valence-electron chi connectivity index (χ4n) is 3.22. The Morgan fingerprint density at radius 1 is 1.07 bits per heavy atom. The second-order valence-corrected chi connectivity index (χ2v) is 7.62. The highest BCUT2D eigenvalue weighted by Crippen LogP contribution is 2.34. The minimum atomic E-state index is -4.54. The first kappa shape index (κ1) is 17.5. The zero-order chi connectivity index (χ0) is 19.6. The van der Waals surface area contributed by atoms with Gasteiger partial charge < -0.3 is 5.32 Å². The number of halogens is 3. The van der Waals surface area contributed by atoms with Crippen molar-refractivity contribution >= 4 is 22.8 Å². The van der Waals surface area contributed by atoms with E-state index >= 15 is 0 Å². The molecule has 0 radical (unpaired) electrons. The Kier molecular flexibility index (Phi) is 3.60. The van der Waals surface area contributed by atoms with E-state index in [2.05, 4.69) is 15.3 Å². The number of rotatable bonds is 1. The number of imidazole rings is 1. The average Bonchev–Trinajstić information content (AvgIpc) is 3.11. The Hall–Kier alpha value is -2.90. The number of nitrogens with one attached hydrogen (secondary N) is 1. The van der Waals surface area contributed by atoms with Crippen molar-refractivity contribution in [3.8, 4) is 5.69 Å². The van der Waals surface area contributed by atoms with Gasteiger partial charge in [-0.2, -0.15) is 13.2 Å². The van der Waals surface area contributed by atoms with Crippen molar-refractivity contribution in [2.75, 3.05) is 5.32 Å². The maximum absolute atomic E-state index is 13.2. The van der Waals surface area contributed by atoms with Crippen molar-refractivity contribution in [2.45, 2.75) is 38.8 Å². The molecule has 0 atom stereocenters. The van der Waals surface area contributed by atoms with Gasteiger partial charge in [0.1, 0.15) is 17.0 Å². The Bertz CT molecular complexity index is 1080. The largest absolute Gasteiger partial charge is 0.433 e. The van der Waals surface area contributed by atoms with Gasteiger partial charge in [-0.3, -0.25) is 9.36 Å². The van der Waals surface area contributed by atoms with Crippen LogP contribution < -0.4 is 5.32 Å². The van der Waals surface area contributed by atoms with E-state index in [0.29, 0.717) is 17.0 Å². The summed E-state index contributed by atoms with van der Waals surface area (Å²) in [5.74, 6) is 0.493. The van der Waals surface area contributed by atoms with E-state index in [4.69, 9.17) is 0 Å². The molecule has 2 aromatic heterocycles. The molecule has 4 rings (SSSR count). The first-order valence-corrected chi connectivity index (χ1v) is 8.44. The summed E-state index contributed by atoms with van der Waals surface area (Å²) in [5, 5.41) is 2.75. The molecule has 1 aliphatic heterocycles. The van der Waals surface area contributed by atoms with Gasteiger partial charge in [0.2, 0.25) is 5.91 Å². The standard InChI is InChI=1S/C19H17F3N4O/c1-18(2,3)17-24-13-6-7-14(19(20,21)22)25-16(13)26(17)11-4-5-12-10(8-11)9-15(27)23-12/h4-8H,9H2,1-3H3,(H,23,27).